The van der Waals surface area contributed by atoms with Crippen molar-refractivity contribution in [2.75, 3.05) is 5.32 Å². The average Bonchev–Trinajstić information content (AvgIpc) is 2.87. The van der Waals surface area contributed by atoms with E-state index in [1.807, 2.05) is 41.1 Å². The SMILES string of the molecule is N#Cc1ccc(NCc2cn3cc(Cl)ccc3n2)cc1. The van der Waals surface area contributed by atoms with Crippen molar-refractivity contribution in [3.63, 3.8) is 0 Å². The van der Waals surface area contributed by atoms with E-state index in [0.717, 1.165) is 17.0 Å². The van der Waals surface area contributed by atoms with E-state index in [1.165, 1.54) is 0 Å². The predicted molar refractivity (Wildman–Crippen MR) is 78.7 cm³/mol. The number of halogens is 1. The van der Waals surface area contributed by atoms with Gasteiger partial charge in [0.05, 0.1) is 28.9 Å². The van der Waals surface area contributed by atoms with Crippen LogP contribution in [0.25, 0.3) is 5.65 Å². The van der Waals surface area contributed by atoms with E-state index in [0.29, 0.717) is 17.1 Å². The summed E-state index contributed by atoms with van der Waals surface area (Å²) < 4.78 is 1.90. The van der Waals surface area contributed by atoms with E-state index in [2.05, 4.69) is 16.4 Å². The van der Waals surface area contributed by atoms with Crippen LogP contribution in [0, 0.1) is 11.3 Å². The Bertz CT molecular complexity index is 784. The van der Waals surface area contributed by atoms with Crippen LogP contribution < -0.4 is 5.32 Å². The van der Waals surface area contributed by atoms with Crippen LogP contribution in [-0.2, 0) is 6.54 Å². The molecule has 0 bridgehead atoms. The van der Waals surface area contributed by atoms with Crippen molar-refractivity contribution in [2.24, 2.45) is 0 Å². The standard InChI is InChI=1S/C15H11ClN4/c16-12-3-6-15-19-14(10-20(15)9-12)8-18-13-4-1-11(7-17)2-5-13/h1-6,9-10,18H,8H2. The smallest absolute Gasteiger partial charge is 0.137 e. The van der Waals surface area contributed by atoms with Crippen LogP contribution in [0.4, 0.5) is 5.69 Å². The first-order valence-corrected chi connectivity index (χ1v) is 6.49. The first kappa shape index (κ1) is 12.5. The van der Waals surface area contributed by atoms with Gasteiger partial charge in [-0.05, 0) is 36.4 Å². The number of nitriles is 1. The van der Waals surface area contributed by atoms with Gasteiger partial charge in [0.25, 0.3) is 0 Å². The minimum Gasteiger partial charge on any atom is -0.379 e. The largest absolute Gasteiger partial charge is 0.379 e. The lowest BCUT2D eigenvalue weighted by atomic mass is 10.2. The minimum atomic E-state index is 0.616. The van der Waals surface area contributed by atoms with Crippen LogP contribution in [0.1, 0.15) is 11.3 Å². The number of aromatic nitrogens is 2. The molecular weight excluding hydrogens is 272 g/mol. The molecule has 20 heavy (non-hydrogen) atoms. The van der Waals surface area contributed by atoms with E-state index in [9.17, 15) is 0 Å². The van der Waals surface area contributed by atoms with Gasteiger partial charge < -0.3 is 9.72 Å². The van der Waals surface area contributed by atoms with Gasteiger partial charge in [0, 0.05) is 18.1 Å². The number of benzene rings is 1. The van der Waals surface area contributed by atoms with Crippen LogP contribution >= 0.6 is 11.6 Å². The maximum Gasteiger partial charge on any atom is 0.137 e. The van der Waals surface area contributed by atoms with Gasteiger partial charge in [0.1, 0.15) is 5.65 Å². The van der Waals surface area contributed by atoms with Crippen LogP contribution in [0.3, 0.4) is 0 Å². The van der Waals surface area contributed by atoms with Gasteiger partial charge in [-0.1, -0.05) is 11.6 Å². The Morgan fingerprint density at radius 1 is 1.15 bits per heavy atom. The van der Waals surface area contributed by atoms with E-state index in [4.69, 9.17) is 16.9 Å². The number of pyridine rings is 1. The Hall–Kier alpha value is -2.51. The first-order valence-electron chi connectivity index (χ1n) is 6.12. The highest BCUT2D eigenvalue weighted by atomic mass is 35.5. The minimum absolute atomic E-state index is 0.616. The normalized spacial score (nSPS) is 10.4. The first-order chi connectivity index (χ1) is 9.74. The summed E-state index contributed by atoms with van der Waals surface area (Å²) in [5, 5.41) is 12.7. The van der Waals surface area contributed by atoms with E-state index >= 15 is 0 Å². The van der Waals surface area contributed by atoms with Crippen LogP contribution in [0.5, 0.6) is 0 Å². The van der Waals surface area contributed by atoms with Crippen LogP contribution in [0.2, 0.25) is 5.02 Å². The maximum atomic E-state index is 8.75. The van der Waals surface area contributed by atoms with Gasteiger partial charge in [-0.2, -0.15) is 5.26 Å². The lowest BCUT2D eigenvalue weighted by molar-refractivity contribution is 1.08. The summed E-state index contributed by atoms with van der Waals surface area (Å²) in [5.74, 6) is 0. The zero-order valence-corrected chi connectivity index (χ0v) is 11.3. The number of anilines is 1. The number of rotatable bonds is 3. The zero-order chi connectivity index (χ0) is 13.9. The molecule has 0 aliphatic heterocycles. The molecule has 0 spiro atoms. The summed E-state index contributed by atoms with van der Waals surface area (Å²) in [4.78, 5) is 4.49. The van der Waals surface area contributed by atoms with Crippen LogP contribution in [-0.4, -0.2) is 9.38 Å². The quantitative estimate of drug-likeness (QED) is 0.800. The molecule has 0 aliphatic rings. The molecule has 0 amide bonds. The Balaban J connectivity index is 1.74. The third kappa shape index (κ3) is 2.58. The zero-order valence-electron chi connectivity index (χ0n) is 10.5. The van der Waals surface area contributed by atoms with Gasteiger partial charge in [0.15, 0.2) is 0 Å². The highest BCUT2D eigenvalue weighted by Crippen LogP contribution is 2.14. The third-order valence-corrected chi connectivity index (χ3v) is 3.18. The molecule has 5 heteroatoms. The molecule has 3 rings (SSSR count). The Labute approximate surface area is 121 Å². The maximum absolute atomic E-state index is 8.75. The van der Waals surface area contributed by atoms with Crippen molar-refractivity contribution in [3.05, 3.63) is 65.1 Å². The molecule has 2 heterocycles. The number of hydrogen-bond acceptors (Lipinski definition) is 3. The Morgan fingerprint density at radius 3 is 2.70 bits per heavy atom. The number of nitrogens with zero attached hydrogens (tertiary/aromatic N) is 3. The molecule has 0 saturated carbocycles. The molecule has 0 saturated heterocycles. The molecule has 98 valence electrons. The van der Waals surface area contributed by atoms with Gasteiger partial charge >= 0.3 is 0 Å². The number of nitrogens with one attached hydrogen (secondary N) is 1. The van der Waals surface area contributed by atoms with E-state index in [1.54, 1.807) is 12.1 Å². The second-order valence-corrected chi connectivity index (χ2v) is 4.82. The van der Waals surface area contributed by atoms with Crippen molar-refractivity contribution in [1.29, 1.82) is 5.26 Å². The highest BCUT2D eigenvalue weighted by molar-refractivity contribution is 6.30. The van der Waals surface area contributed by atoms with Crippen molar-refractivity contribution in [2.45, 2.75) is 6.54 Å². The van der Waals surface area contributed by atoms with E-state index < -0.39 is 0 Å². The molecule has 1 N–H and O–H groups in total. The molecular formula is C15H11ClN4. The van der Waals surface area contributed by atoms with Crippen molar-refractivity contribution >= 4 is 22.9 Å². The molecule has 1 aromatic carbocycles. The molecule has 0 atom stereocenters. The molecule has 3 aromatic rings. The fourth-order valence-electron chi connectivity index (χ4n) is 1.96. The van der Waals surface area contributed by atoms with E-state index in [-0.39, 0.29) is 0 Å². The van der Waals surface area contributed by atoms with Gasteiger partial charge in [0.2, 0.25) is 0 Å². The third-order valence-electron chi connectivity index (χ3n) is 2.95. The van der Waals surface area contributed by atoms with Crippen molar-refractivity contribution < 1.29 is 0 Å². The van der Waals surface area contributed by atoms with Gasteiger partial charge in [-0.25, -0.2) is 4.98 Å². The number of fused-ring (bicyclic) bond motifs is 1. The summed E-state index contributed by atoms with van der Waals surface area (Å²) in [7, 11) is 0. The topological polar surface area (TPSA) is 53.1 Å². The average molecular weight is 283 g/mol. The van der Waals surface area contributed by atoms with Crippen LogP contribution in [0.15, 0.2) is 48.8 Å². The summed E-state index contributed by atoms with van der Waals surface area (Å²) in [6.07, 6.45) is 3.77. The molecule has 0 radical (unpaired) electrons. The lowest BCUT2D eigenvalue weighted by Crippen LogP contribution is -1.99. The molecule has 0 fully saturated rings. The van der Waals surface area contributed by atoms with Gasteiger partial charge in [-0.15, -0.1) is 0 Å². The van der Waals surface area contributed by atoms with Crippen molar-refractivity contribution in [1.82, 2.24) is 9.38 Å². The van der Waals surface area contributed by atoms with Crippen molar-refractivity contribution in [3.8, 4) is 6.07 Å². The monoisotopic (exact) mass is 282 g/mol. The summed E-state index contributed by atoms with van der Waals surface area (Å²) in [5.41, 5.74) is 3.40. The summed E-state index contributed by atoms with van der Waals surface area (Å²) in [6.45, 7) is 0.616. The Morgan fingerprint density at radius 2 is 1.95 bits per heavy atom. The number of hydrogen-bond donors (Lipinski definition) is 1. The highest BCUT2D eigenvalue weighted by Gasteiger charge is 2.02. The summed E-state index contributed by atoms with van der Waals surface area (Å²) >= 11 is 5.94. The molecule has 4 nitrogen and oxygen atoms in total. The molecule has 0 unspecified atom stereocenters. The fourth-order valence-corrected chi connectivity index (χ4v) is 2.13. The Kier molecular flexibility index (Phi) is 3.28. The lowest BCUT2D eigenvalue weighted by Gasteiger charge is -2.03. The fraction of sp³-hybridized carbons (Fsp3) is 0.0667. The molecule has 0 aliphatic carbocycles. The predicted octanol–water partition coefficient (Wildman–Crippen LogP) is 3.47. The second kappa shape index (κ2) is 5.24. The summed E-state index contributed by atoms with van der Waals surface area (Å²) in [6, 6.07) is 13.1. The van der Waals surface area contributed by atoms with Gasteiger partial charge in [-0.3, -0.25) is 0 Å². The molecule has 2 aromatic heterocycles. The second-order valence-electron chi connectivity index (χ2n) is 4.39. The number of imidazole rings is 1.